The maximum absolute atomic E-state index is 12.4. The van der Waals surface area contributed by atoms with Gasteiger partial charge < -0.3 is 5.32 Å². The number of sulfonamides is 1. The Balaban J connectivity index is 2.70. The van der Waals surface area contributed by atoms with Crippen LogP contribution in [0.4, 0.5) is 0 Å². The molecule has 0 radical (unpaired) electrons. The summed E-state index contributed by atoms with van der Waals surface area (Å²) >= 11 is 1.50. The van der Waals surface area contributed by atoms with E-state index in [1.165, 1.54) is 16.1 Å². The maximum atomic E-state index is 12.4. The monoisotopic (exact) mass is 358 g/mol. The Hall–Kier alpha value is 0.170. The fourth-order valence-corrected chi connectivity index (χ4v) is 7.63. The van der Waals surface area contributed by atoms with Crippen LogP contribution in [-0.4, -0.2) is 69.2 Å². The number of nitrogens with one attached hydrogen (secondary N) is 1. The van der Waals surface area contributed by atoms with Gasteiger partial charge in [0.2, 0.25) is 10.0 Å². The number of hydrogen-bond acceptors (Lipinski definition) is 6. The molecule has 1 heterocycles. The lowest BCUT2D eigenvalue weighted by Crippen LogP contribution is -2.51. The van der Waals surface area contributed by atoms with Gasteiger partial charge in [-0.25, -0.2) is 16.8 Å². The number of unbranched alkanes of at least 4 members (excludes halogenated alkanes) is 1. The summed E-state index contributed by atoms with van der Waals surface area (Å²) in [5, 5.41) is 2.26. The van der Waals surface area contributed by atoms with E-state index in [1.807, 2.05) is 6.92 Å². The maximum Gasteiger partial charge on any atom is 0.215 e. The highest BCUT2D eigenvalue weighted by Gasteiger charge is 2.39. The lowest BCUT2D eigenvalue weighted by atomic mass is 10.3. The van der Waals surface area contributed by atoms with E-state index in [-0.39, 0.29) is 11.5 Å². The van der Waals surface area contributed by atoms with Crippen LogP contribution in [0, 0.1) is 0 Å². The van der Waals surface area contributed by atoms with Crippen LogP contribution in [0.5, 0.6) is 0 Å². The average molecular weight is 359 g/mol. The summed E-state index contributed by atoms with van der Waals surface area (Å²) in [6.07, 6.45) is 1.33. The van der Waals surface area contributed by atoms with E-state index in [2.05, 4.69) is 5.32 Å². The number of nitrogens with zero attached hydrogens (tertiary/aromatic N) is 1. The molecule has 1 unspecified atom stereocenters. The molecule has 6 nitrogen and oxygen atoms in total. The normalized spacial score (nSPS) is 21.5. The molecule has 21 heavy (non-hydrogen) atoms. The molecule has 0 aliphatic carbocycles. The van der Waals surface area contributed by atoms with Crippen molar-refractivity contribution in [3.05, 3.63) is 0 Å². The molecule has 0 amide bonds. The van der Waals surface area contributed by atoms with Gasteiger partial charge in [-0.1, -0.05) is 13.8 Å². The molecule has 0 spiro atoms. The highest BCUT2D eigenvalue weighted by molar-refractivity contribution is 8.01. The fourth-order valence-electron chi connectivity index (χ4n) is 2.19. The third kappa shape index (κ3) is 5.70. The third-order valence-electron chi connectivity index (χ3n) is 3.47. The zero-order chi connectivity index (χ0) is 15.9. The first-order valence-corrected chi connectivity index (χ1v) is 11.8. The van der Waals surface area contributed by atoms with Crippen LogP contribution >= 0.6 is 11.8 Å². The summed E-state index contributed by atoms with van der Waals surface area (Å²) in [6, 6.07) is 0. The van der Waals surface area contributed by atoms with E-state index < -0.39 is 25.2 Å². The van der Waals surface area contributed by atoms with E-state index in [4.69, 9.17) is 0 Å². The van der Waals surface area contributed by atoms with Gasteiger partial charge in [0.1, 0.15) is 5.37 Å². The Bertz CT molecular complexity index is 505. The van der Waals surface area contributed by atoms with E-state index in [9.17, 15) is 16.8 Å². The summed E-state index contributed by atoms with van der Waals surface area (Å²) in [5.74, 6) is 1.00. The Morgan fingerprint density at radius 2 is 1.90 bits per heavy atom. The smallest absolute Gasteiger partial charge is 0.215 e. The van der Waals surface area contributed by atoms with Gasteiger partial charge in [-0.15, -0.1) is 0 Å². The summed E-state index contributed by atoms with van der Waals surface area (Å²) in [7, 11) is -6.88. The first kappa shape index (κ1) is 19.2. The molecule has 0 saturated carbocycles. The number of hydrogen-bond donors (Lipinski definition) is 1. The summed E-state index contributed by atoms with van der Waals surface area (Å²) < 4.78 is 50.3. The van der Waals surface area contributed by atoms with Crippen LogP contribution in [-0.2, 0) is 19.9 Å². The van der Waals surface area contributed by atoms with E-state index >= 15 is 0 Å². The minimum Gasteiger partial charge on any atom is -0.317 e. The van der Waals surface area contributed by atoms with Gasteiger partial charge in [0.25, 0.3) is 0 Å². The molecule has 1 aliphatic heterocycles. The molecule has 126 valence electrons. The van der Waals surface area contributed by atoms with Crippen molar-refractivity contribution in [2.24, 2.45) is 0 Å². The minimum atomic E-state index is -3.50. The van der Waals surface area contributed by atoms with Gasteiger partial charge in [-0.3, -0.25) is 0 Å². The molecule has 1 fully saturated rings. The Labute approximate surface area is 133 Å². The van der Waals surface area contributed by atoms with Crippen LogP contribution in [0.25, 0.3) is 0 Å². The van der Waals surface area contributed by atoms with Crippen molar-refractivity contribution in [3.63, 3.8) is 0 Å². The Morgan fingerprint density at radius 1 is 1.19 bits per heavy atom. The lowest BCUT2D eigenvalue weighted by molar-refractivity contribution is 0.402. The highest BCUT2D eigenvalue weighted by Crippen LogP contribution is 2.24. The van der Waals surface area contributed by atoms with Crippen LogP contribution < -0.4 is 5.32 Å². The first-order valence-electron chi connectivity index (χ1n) is 7.34. The van der Waals surface area contributed by atoms with E-state index in [0.29, 0.717) is 24.5 Å². The Morgan fingerprint density at radius 3 is 2.52 bits per heavy atom. The van der Waals surface area contributed by atoms with Gasteiger partial charge in [-0.05, 0) is 25.9 Å². The molecular formula is C12H26N2O4S3. The molecule has 1 saturated heterocycles. The van der Waals surface area contributed by atoms with Crippen molar-refractivity contribution >= 4 is 31.6 Å². The van der Waals surface area contributed by atoms with Crippen molar-refractivity contribution in [1.82, 2.24) is 9.62 Å². The van der Waals surface area contributed by atoms with Gasteiger partial charge in [0.05, 0.1) is 5.75 Å². The molecule has 1 rings (SSSR count). The van der Waals surface area contributed by atoms with Crippen LogP contribution in [0.15, 0.2) is 0 Å². The molecular weight excluding hydrogens is 332 g/mol. The van der Waals surface area contributed by atoms with Gasteiger partial charge in [0, 0.05) is 23.8 Å². The minimum absolute atomic E-state index is 0.0231. The predicted octanol–water partition coefficient (Wildman–Crippen LogP) is 0.516. The number of sulfone groups is 1. The van der Waals surface area contributed by atoms with Crippen molar-refractivity contribution in [1.29, 1.82) is 0 Å². The van der Waals surface area contributed by atoms with Gasteiger partial charge in [0.15, 0.2) is 9.84 Å². The summed E-state index contributed by atoms with van der Waals surface area (Å²) in [5.41, 5.74) is 0. The van der Waals surface area contributed by atoms with Crippen molar-refractivity contribution in [2.45, 2.75) is 32.1 Å². The predicted molar refractivity (Wildman–Crippen MR) is 88.8 cm³/mol. The molecule has 0 aromatic heterocycles. The van der Waals surface area contributed by atoms with Crippen LogP contribution in [0.3, 0.4) is 0 Å². The molecule has 1 N–H and O–H groups in total. The van der Waals surface area contributed by atoms with Gasteiger partial charge in [-0.2, -0.15) is 16.1 Å². The topological polar surface area (TPSA) is 83.6 Å². The molecule has 1 atom stereocenters. The summed E-state index contributed by atoms with van der Waals surface area (Å²) in [4.78, 5) is 0. The zero-order valence-corrected chi connectivity index (χ0v) is 15.2. The molecule has 0 aromatic rings. The quantitative estimate of drug-likeness (QED) is 0.605. The first-order chi connectivity index (χ1) is 9.85. The standard InChI is InChI=1S/C12H26N2O4S3/c1-3-13-7-5-6-10-21(17,18)14-8-9-19-11-12(14)20(15,16)4-2/h12-13H,3-11H2,1-2H3. The Kier molecular flexibility index (Phi) is 7.97. The lowest BCUT2D eigenvalue weighted by Gasteiger charge is -2.33. The molecule has 0 aromatic carbocycles. The second-order valence-electron chi connectivity index (χ2n) is 4.97. The second kappa shape index (κ2) is 8.71. The van der Waals surface area contributed by atoms with Crippen molar-refractivity contribution < 1.29 is 16.8 Å². The van der Waals surface area contributed by atoms with Crippen molar-refractivity contribution in [2.75, 3.05) is 42.6 Å². The molecule has 1 aliphatic rings. The van der Waals surface area contributed by atoms with Crippen LogP contribution in [0.1, 0.15) is 26.7 Å². The van der Waals surface area contributed by atoms with E-state index in [1.54, 1.807) is 6.92 Å². The second-order valence-corrected chi connectivity index (χ2v) is 10.6. The van der Waals surface area contributed by atoms with E-state index in [0.717, 1.165) is 19.5 Å². The SMILES string of the molecule is CCNCCCCS(=O)(=O)N1CCSCC1S(=O)(=O)CC. The average Bonchev–Trinajstić information content (AvgIpc) is 2.47. The summed E-state index contributed by atoms with van der Waals surface area (Å²) in [6.45, 7) is 5.52. The van der Waals surface area contributed by atoms with Gasteiger partial charge >= 0.3 is 0 Å². The molecule has 0 bridgehead atoms. The largest absolute Gasteiger partial charge is 0.317 e. The third-order valence-corrected chi connectivity index (χ3v) is 8.85. The molecule has 9 heteroatoms. The highest BCUT2D eigenvalue weighted by atomic mass is 32.2. The number of thioether (sulfide) groups is 1. The van der Waals surface area contributed by atoms with Crippen LogP contribution in [0.2, 0.25) is 0 Å². The number of rotatable bonds is 9. The zero-order valence-electron chi connectivity index (χ0n) is 12.7. The van der Waals surface area contributed by atoms with Crippen molar-refractivity contribution in [3.8, 4) is 0 Å². The fraction of sp³-hybridized carbons (Fsp3) is 1.00.